The van der Waals surface area contributed by atoms with Gasteiger partial charge in [-0.1, -0.05) is 0 Å². The summed E-state index contributed by atoms with van der Waals surface area (Å²) in [5.74, 6) is 0.740. The van der Waals surface area contributed by atoms with E-state index in [0.717, 1.165) is 57.8 Å². The largest absolute Gasteiger partial charge is 0.352 e. The first-order chi connectivity index (χ1) is 10.7. The minimum absolute atomic E-state index is 0.00595. The molecule has 2 aliphatic carbocycles. The fourth-order valence-corrected chi connectivity index (χ4v) is 3.98. The lowest BCUT2D eigenvalue weighted by molar-refractivity contribution is -0.137. The molecule has 22 heavy (non-hydrogen) atoms. The van der Waals surface area contributed by atoms with Crippen LogP contribution in [0, 0.1) is 11.8 Å². The number of hydrogen-bond acceptors (Lipinski definition) is 3. The zero-order valence-electron chi connectivity index (χ0n) is 13.3. The summed E-state index contributed by atoms with van der Waals surface area (Å²) >= 11 is 0. The van der Waals surface area contributed by atoms with Crippen molar-refractivity contribution >= 4 is 11.8 Å². The van der Waals surface area contributed by atoms with Gasteiger partial charge in [-0.15, -0.1) is 0 Å². The molecule has 0 aromatic heterocycles. The first-order valence-corrected chi connectivity index (χ1v) is 9.04. The molecular weight excluding hydrogens is 278 g/mol. The van der Waals surface area contributed by atoms with Gasteiger partial charge in [-0.05, 0) is 44.9 Å². The first-order valence-electron chi connectivity index (χ1n) is 9.04. The third-order valence-electron chi connectivity index (χ3n) is 5.66. The van der Waals surface area contributed by atoms with Gasteiger partial charge in [0.05, 0.1) is 5.92 Å². The van der Waals surface area contributed by atoms with Crippen LogP contribution < -0.4 is 5.32 Å². The van der Waals surface area contributed by atoms with Gasteiger partial charge in [-0.25, -0.2) is 0 Å². The highest BCUT2D eigenvalue weighted by Crippen LogP contribution is 2.33. The average Bonchev–Trinajstić information content (AvgIpc) is 3.45. The Bertz CT molecular complexity index is 459. The van der Waals surface area contributed by atoms with E-state index in [1.165, 1.54) is 12.8 Å². The molecule has 0 spiro atoms. The highest BCUT2D eigenvalue weighted by atomic mass is 16.2. The Kier molecular flexibility index (Phi) is 3.84. The molecule has 0 radical (unpaired) electrons. The molecule has 0 bridgehead atoms. The highest BCUT2D eigenvalue weighted by Gasteiger charge is 2.38. The van der Waals surface area contributed by atoms with Crippen LogP contribution in [0.5, 0.6) is 0 Å². The summed E-state index contributed by atoms with van der Waals surface area (Å²) in [5, 5.41) is 3.25. The van der Waals surface area contributed by atoms with Crippen LogP contribution in [0.1, 0.15) is 44.9 Å². The van der Waals surface area contributed by atoms with Gasteiger partial charge in [0.25, 0.3) is 0 Å². The smallest absolute Gasteiger partial charge is 0.225 e. The number of amides is 2. The first kappa shape index (κ1) is 14.5. The van der Waals surface area contributed by atoms with Crippen molar-refractivity contribution in [3.8, 4) is 0 Å². The molecule has 2 saturated carbocycles. The van der Waals surface area contributed by atoms with Gasteiger partial charge in [-0.3, -0.25) is 14.5 Å². The van der Waals surface area contributed by atoms with Crippen LogP contribution in [-0.4, -0.2) is 59.9 Å². The monoisotopic (exact) mass is 305 g/mol. The van der Waals surface area contributed by atoms with Crippen LogP contribution >= 0.6 is 0 Å². The lowest BCUT2D eigenvalue weighted by Crippen LogP contribution is -2.48. The van der Waals surface area contributed by atoms with Gasteiger partial charge in [0, 0.05) is 44.2 Å². The molecular formula is C17H27N3O2. The van der Waals surface area contributed by atoms with Crippen molar-refractivity contribution in [3.63, 3.8) is 0 Å². The minimum atomic E-state index is 0.00595. The fraction of sp³-hybridized carbons (Fsp3) is 0.882. The molecule has 4 rings (SSSR count). The molecule has 1 N–H and O–H groups in total. The maximum Gasteiger partial charge on any atom is 0.225 e. The Labute approximate surface area is 132 Å². The summed E-state index contributed by atoms with van der Waals surface area (Å²) in [4.78, 5) is 29.2. The van der Waals surface area contributed by atoms with E-state index in [9.17, 15) is 9.59 Å². The van der Waals surface area contributed by atoms with Crippen LogP contribution in [0.25, 0.3) is 0 Å². The number of carbonyl (C=O) groups excluding carboxylic acids is 2. The molecule has 0 unspecified atom stereocenters. The quantitative estimate of drug-likeness (QED) is 0.843. The second-order valence-electron chi connectivity index (χ2n) is 7.62. The second-order valence-corrected chi connectivity index (χ2v) is 7.62. The molecule has 2 aliphatic heterocycles. The third kappa shape index (κ3) is 3.14. The predicted molar refractivity (Wildman–Crippen MR) is 83.2 cm³/mol. The Morgan fingerprint density at radius 1 is 0.864 bits per heavy atom. The van der Waals surface area contributed by atoms with Crippen molar-refractivity contribution in [1.82, 2.24) is 15.1 Å². The van der Waals surface area contributed by atoms with Crippen molar-refractivity contribution in [2.45, 2.75) is 57.0 Å². The topological polar surface area (TPSA) is 52.7 Å². The van der Waals surface area contributed by atoms with E-state index < -0.39 is 0 Å². The molecule has 4 aliphatic rings. The van der Waals surface area contributed by atoms with Gasteiger partial charge in [0.1, 0.15) is 0 Å². The molecule has 122 valence electrons. The predicted octanol–water partition coefficient (Wildman–Crippen LogP) is 0.988. The normalized spacial score (nSPS) is 33.0. The molecule has 0 aromatic rings. The Hall–Kier alpha value is -1.10. The Morgan fingerprint density at radius 2 is 1.68 bits per heavy atom. The number of hydrogen-bond donors (Lipinski definition) is 1. The van der Waals surface area contributed by atoms with Crippen molar-refractivity contribution < 1.29 is 9.59 Å². The van der Waals surface area contributed by atoms with E-state index in [0.29, 0.717) is 18.5 Å². The maximum absolute atomic E-state index is 12.5. The van der Waals surface area contributed by atoms with Crippen molar-refractivity contribution in [1.29, 1.82) is 0 Å². The summed E-state index contributed by atoms with van der Waals surface area (Å²) in [6, 6.07) is 1.12. The van der Waals surface area contributed by atoms with Crippen LogP contribution in [-0.2, 0) is 9.59 Å². The third-order valence-corrected chi connectivity index (χ3v) is 5.66. The summed E-state index contributed by atoms with van der Waals surface area (Å²) in [6.07, 6.45) is 7.74. The molecule has 2 atom stereocenters. The zero-order valence-corrected chi connectivity index (χ0v) is 13.3. The molecule has 5 nitrogen and oxygen atoms in total. The molecule has 0 aromatic carbocycles. The van der Waals surface area contributed by atoms with E-state index in [-0.39, 0.29) is 17.7 Å². The number of piperidine rings is 1. The van der Waals surface area contributed by atoms with Crippen molar-refractivity contribution in [2.75, 3.05) is 26.2 Å². The van der Waals surface area contributed by atoms with Crippen LogP contribution in [0.3, 0.4) is 0 Å². The number of nitrogens with one attached hydrogen (secondary N) is 1. The Morgan fingerprint density at radius 3 is 2.41 bits per heavy atom. The van der Waals surface area contributed by atoms with Gasteiger partial charge in [0.2, 0.25) is 11.8 Å². The minimum Gasteiger partial charge on any atom is -0.352 e. The van der Waals surface area contributed by atoms with Crippen molar-refractivity contribution in [3.05, 3.63) is 0 Å². The summed E-state index contributed by atoms with van der Waals surface area (Å²) < 4.78 is 0. The molecule has 2 amide bonds. The number of likely N-dealkylation sites (tertiary alicyclic amines) is 2. The van der Waals surface area contributed by atoms with Gasteiger partial charge in [0.15, 0.2) is 0 Å². The average molecular weight is 305 g/mol. The second kappa shape index (κ2) is 5.84. The number of nitrogens with zero attached hydrogens (tertiary/aromatic N) is 2. The van der Waals surface area contributed by atoms with E-state index in [4.69, 9.17) is 0 Å². The van der Waals surface area contributed by atoms with Gasteiger partial charge in [-0.2, -0.15) is 0 Å². The number of rotatable bonds is 4. The maximum atomic E-state index is 12.5. The molecule has 4 fully saturated rings. The number of carbonyl (C=O) groups is 2. The molecule has 5 heteroatoms. The van der Waals surface area contributed by atoms with Gasteiger partial charge >= 0.3 is 0 Å². The summed E-state index contributed by atoms with van der Waals surface area (Å²) in [5.41, 5.74) is 0. The van der Waals surface area contributed by atoms with Crippen LogP contribution in [0.15, 0.2) is 0 Å². The van der Waals surface area contributed by atoms with Gasteiger partial charge < -0.3 is 10.2 Å². The Balaban J connectivity index is 1.27. The summed E-state index contributed by atoms with van der Waals surface area (Å²) in [7, 11) is 0. The highest BCUT2D eigenvalue weighted by molar-refractivity contribution is 5.83. The van der Waals surface area contributed by atoms with E-state index in [1.54, 1.807) is 0 Å². The summed E-state index contributed by atoms with van der Waals surface area (Å²) in [6.45, 7) is 3.64. The standard InChI is InChI=1S/C17H27N3O2/c21-16(18-14-7-9-19(11-14)15-5-6-15)13-2-1-8-20(10-13)17(22)12-3-4-12/h12-15H,1-11H2,(H,18,21)/t13-,14-/m0/s1. The van der Waals surface area contributed by atoms with Crippen LogP contribution in [0.4, 0.5) is 0 Å². The molecule has 2 saturated heterocycles. The van der Waals surface area contributed by atoms with Crippen LogP contribution in [0.2, 0.25) is 0 Å². The van der Waals surface area contributed by atoms with E-state index in [1.807, 2.05) is 4.90 Å². The SMILES string of the molecule is O=C(N[C@H]1CCN(C2CC2)C1)[C@H]1CCCN(C(=O)C2CC2)C1. The fourth-order valence-electron chi connectivity index (χ4n) is 3.98. The zero-order chi connectivity index (χ0) is 15.1. The van der Waals surface area contributed by atoms with E-state index in [2.05, 4.69) is 10.2 Å². The molecule has 2 heterocycles. The van der Waals surface area contributed by atoms with Crippen molar-refractivity contribution in [2.24, 2.45) is 11.8 Å². The lowest BCUT2D eigenvalue weighted by atomic mass is 9.96. The van der Waals surface area contributed by atoms with E-state index >= 15 is 0 Å². The lowest BCUT2D eigenvalue weighted by Gasteiger charge is -2.32.